The number of carbonyl (C=O) groups is 2. The quantitative estimate of drug-likeness (QED) is 0.872. The van der Waals surface area contributed by atoms with Crippen molar-refractivity contribution in [3.63, 3.8) is 0 Å². The minimum Gasteiger partial charge on any atom is -0.338 e. The number of nitrogens with one attached hydrogen (secondary N) is 1. The van der Waals surface area contributed by atoms with E-state index in [0.717, 1.165) is 73.3 Å². The van der Waals surface area contributed by atoms with Crippen LogP contribution >= 0.6 is 11.3 Å². The van der Waals surface area contributed by atoms with Crippen molar-refractivity contribution >= 4 is 39.2 Å². The standard InChI is InChI=1S/C19H24N4O2S/c1-12-11-13(2)20-17-14(12)15(21-19(25)23-9-5-6-10-23)16(26-17)18(24)22-7-3-4-8-22/h11H,3-10H2,1-2H3,(H,21,25). The van der Waals surface area contributed by atoms with Crippen LogP contribution in [0.1, 0.15) is 46.6 Å². The van der Waals surface area contributed by atoms with Crippen LogP contribution in [-0.4, -0.2) is 52.9 Å². The highest BCUT2D eigenvalue weighted by molar-refractivity contribution is 7.21. The molecule has 0 saturated carbocycles. The maximum absolute atomic E-state index is 13.1. The van der Waals surface area contributed by atoms with Crippen LogP contribution in [0, 0.1) is 13.8 Å². The first-order chi connectivity index (χ1) is 12.5. The van der Waals surface area contributed by atoms with Gasteiger partial charge in [0.05, 0.1) is 5.69 Å². The van der Waals surface area contributed by atoms with Gasteiger partial charge in [-0.15, -0.1) is 11.3 Å². The lowest BCUT2D eigenvalue weighted by Gasteiger charge is -2.19. The summed E-state index contributed by atoms with van der Waals surface area (Å²) in [5, 5.41) is 3.95. The van der Waals surface area contributed by atoms with Gasteiger partial charge in [0.1, 0.15) is 9.71 Å². The van der Waals surface area contributed by atoms with Crippen molar-refractivity contribution in [2.45, 2.75) is 39.5 Å². The summed E-state index contributed by atoms with van der Waals surface area (Å²) in [6.45, 7) is 7.10. The molecule has 2 aliphatic rings. The molecule has 26 heavy (non-hydrogen) atoms. The number of carbonyl (C=O) groups excluding carboxylic acids is 2. The van der Waals surface area contributed by atoms with Crippen molar-refractivity contribution in [1.29, 1.82) is 0 Å². The minimum absolute atomic E-state index is 0.0132. The van der Waals surface area contributed by atoms with Crippen LogP contribution < -0.4 is 5.32 Å². The maximum Gasteiger partial charge on any atom is 0.321 e. The van der Waals surface area contributed by atoms with E-state index in [-0.39, 0.29) is 11.9 Å². The third kappa shape index (κ3) is 3.05. The lowest BCUT2D eigenvalue weighted by atomic mass is 10.1. The first kappa shape index (κ1) is 17.3. The first-order valence-electron chi connectivity index (χ1n) is 9.30. The van der Waals surface area contributed by atoms with Crippen molar-refractivity contribution in [1.82, 2.24) is 14.8 Å². The van der Waals surface area contributed by atoms with Gasteiger partial charge in [0, 0.05) is 37.3 Å². The smallest absolute Gasteiger partial charge is 0.321 e. The fourth-order valence-electron chi connectivity index (χ4n) is 3.88. The molecular weight excluding hydrogens is 348 g/mol. The van der Waals surface area contributed by atoms with E-state index in [9.17, 15) is 9.59 Å². The monoisotopic (exact) mass is 372 g/mol. The Kier molecular flexibility index (Phi) is 4.56. The normalized spacial score (nSPS) is 17.3. The summed E-state index contributed by atoms with van der Waals surface area (Å²) >= 11 is 1.40. The van der Waals surface area contributed by atoms with Crippen LogP contribution in [-0.2, 0) is 0 Å². The van der Waals surface area contributed by atoms with Gasteiger partial charge in [-0.3, -0.25) is 4.79 Å². The van der Waals surface area contributed by atoms with E-state index in [0.29, 0.717) is 10.6 Å². The molecule has 0 unspecified atom stereocenters. The van der Waals surface area contributed by atoms with Gasteiger partial charge in [-0.05, 0) is 51.2 Å². The van der Waals surface area contributed by atoms with E-state index < -0.39 is 0 Å². The zero-order chi connectivity index (χ0) is 18.3. The minimum atomic E-state index is -0.113. The molecule has 1 N–H and O–H groups in total. The second kappa shape index (κ2) is 6.87. The summed E-state index contributed by atoms with van der Waals surface area (Å²) in [5.74, 6) is 0.0132. The molecule has 0 bridgehead atoms. The van der Waals surface area contributed by atoms with Gasteiger partial charge in [0.2, 0.25) is 0 Å². The molecule has 138 valence electrons. The highest BCUT2D eigenvalue weighted by Crippen LogP contribution is 2.38. The summed E-state index contributed by atoms with van der Waals surface area (Å²) in [6.07, 6.45) is 4.17. The number of hydrogen-bond acceptors (Lipinski definition) is 4. The second-order valence-corrected chi connectivity index (χ2v) is 8.19. The zero-order valence-corrected chi connectivity index (χ0v) is 16.1. The predicted octanol–water partition coefficient (Wildman–Crippen LogP) is 3.78. The van der Waals surface area contributed by atoms with Crippen LogP contribution in [0.3, 0.4) is 0 Å². The summed E-state index contributed by atoms with van der Waals surface area (Å²) in [4.78, 5) is 35.5. The fraction of sp³-hybridized carbons (Fsp3) is 0.526. The molecular formula is C19H24N4O2S. The number of hydrogen-bond donors (Lipinski definition) is 1. The summed E-state index contributed by atoms with van der Waals surface area (Å²) in [7, 11) is 0. The van der Waals surface area contributed by atoms with Crippen LogP contribution in [0.25, 0.3) is 10.2 Å². The van der Waals surface area contributed by atoms with E-state index >= 15 is 0 Å². The van der Waals surface area contributed by atoms with E-state index in [2.05, 4.69) is 10.3 Å². The molecule has 0 radical (unpaired) electrons. The van der Waals surface area contributed by atoms with E-state index in [1.807, 2.05) is 29.7 Å². The van der Waals surface area contributed by atoms with Gasteiger partial charge in [-0.1, -0.05) is 0 Å². The van der Waals surface area contributed by atoms with Crippen LogP contribution in [0.4, 0.5) is 10.5 Å². The summed E-state index contributed by atoms with van der Waals surface area (Å²) in [6, 6.07) is 1.89. The van der Waals surface area contributed by atoms with Gasteiger partial charge in [0.15, 0.2) is 0 Å². The number of aromatic nitrogens is 1. The molecule has 4 rings (SSSR count). The molecule has 2 aromatic rings. The third-order valence-electron chi connectivity index (χ3n) is 5.20. The number of amides is 3. The van der Waals surface area contributed by atoms with Gasteiger partial charge in [-0.25, -0.2) is 9.78 Å². The molecule has 3 amide bonds. The molecule has 2 aliphatic heterocycles. The fourth-order valence-corrected chi connectivity index (χ4v) is 5.10. The lowest BCUT2D eigenvalue weighted by molar-refractivity contribution is 0.0798. The number of urea groups is 1. The molecule has 2 saturated heterocycles. The Balaban J connectivity index is 1.77. The van der Waals surface area contributed by atoms with Crippen molar-refractivity contribution in [2.75, 3.05) is 31.5 Å². The van der Waals surface area contributed by atoms with Crippen molar-refractivity contribution in [3.8, 4) is 0 Å². The van der Waals surface area contributed by atoms with Crippen LogP contribution in [0.15, 0.2) is 6.07 Å². The molecule has 0 aliphatic carbocycles. The zero-order valence-electron chi connectivity index (χ0n) is 15.3. The Morgan fingerprint density at radius 2 is 1.65 bits per heavy atom. The van der Waals surface area contributed by atoms with Gasteiger partial charge in [-0.2, -0.15) is 0 Å². The topological polar surface area (TPSA) is 65.5 Å². The third-order valence-corrected chi connectivity index (χ3v) is 6.27. The number of nitrogens with zero attached hydrogens (tertiary/aromatic N) is 3. The average molecular weight is 372 g/mol. The highest BCUT2D eigenvalue weighted by atomic mass is 32.1. The second-order valence-electron chi connectivity index (χ2n) is 7.19. The van der Waals surface area contributed by atoms with Crippen molar-refractivity contribution in [3.05, 3.63) is 22.2 Å². The molecule has 0 atom stereocenters. The number of fused-ring (bicyclic) bond motifs is 1. The van der Waals surface area contributed by atoms with Crippen molar-refractivity contribution < 1.29 is 9.59 Å². The number of rotatable bonds is 2. The lowest BCUT2D eigenvalue weighted by Crippen LogP contribution is -2.33. The Hall–Kier alpha value is -2.15. The van der Waals surface area contributed by atoms with E-state index in [1.54, 1.807) is 0 Å². The molecule has 6 nitrogen and oxygen atoms in total. The average Bonchev–Trinajstić information content (AvgIpc) is 3.35. The number of thiophene rings is 1. The molecule has 2 fully saturated rings. The molecule has 0 aromatic carbocycles. The Morgan fingerprint density at radius 1 is 1.04 bits per heavy atom. The van der Waals surface area contributed by atoms with E-state index in [4.69, 9.17) is 0 Å². The molecule has 2 aromatic heterocycles. The number of anilines is 1. The van der Waals surface area contributed by atoms with Gasteiger partial charge >= 0.3 is 6.03 Å². The highest BCUT2D eigenvalue weighted by Gasteiger charge is 2.29. The molecule has 0 spiro atoms. The molecule has 4 heterocycles. The maximum atomic E-state index is 13.1. The van der Waals surface area contributed by atoms with Gasteiger partial charge < -0.3 is 15.1 Å². The summed E-state index contributed by atoms with van der Waals surface area (Å²) < 4.78 is 0. The number of likely N-dealkylation sites (tertiary alicyclic amines) is 2. The van der Waals surface area contributed by atoms with Crippen LogP contribution in [0.2, 0.25) is 0 Å². The van der Waals surface area contributed by atoms with Crippen LogP contribution in [0.5, 0.6) is 0 Å². The predicted molar refractivity (Wildman–Crippen MR) is 104 cm³/mol. The van der Waals surface area contributed by atoms with Gasteiger partial charge in [0.25, 0.3) is 5.91 Å². The SMILES string of the molecule is Cc1cc(C)c2c(NC(=O)N3CCCC3)c(C(=O)N3CCCC3)sc2n1. The Labute approximate surface area is 157 Å². The van der Waals surface area contributed by atoms with Crippen molar-refractivity contribution in [2.24, 2.45) is 0 Å². The Bertz CT molecular complexity index is 864. The number of aryl methyl sites for hydroxylation is 2. The first-order valence-corrected chi connectivity index (χ1v) is 10.1. The molecule has 7 heteroatoms. The Morgan fingerprint density at radius 3 is 2.31 bits per heavy atom. The van der Waals surface area contributed by atoms with E-state index in [1.165, 1.54) is 11.3 Å². The largest absolute Gasteiger partial charge is 0.338 e. The number of pyridine rings is 1. The summed E-state index contributed by atoms with van der Waals surface area (Å²) in [5.41, 5.74) is 2.61.